The van der Waals surface area contributed by atoms with Crippen molar-refractivity contribution in [1.82, 2.24) is 10.4 Å². The van der Waals surface area contributed by atoms with Gasteiger partial charge in [-0.25, -0.2) is 13.5 Å². The molecule has 0 spiro atoms. The number of nitrogens with zero attached hydrogens (tertiary/aromatic N) is 2. The highest BCUT2D eigenvalue weighted by Crippen LogP contribution is 2.38. The molecule has 1 heterocycles. The minimum Gasteiger partial charge on any atom is -0.367 e. The van der Waals surface area contributed by atoms with Gasteiger partial charge in [0.2, 0.25) is 5.91 Å². The summed E-state index contributed by atoms with van der Waals surface area (Å²) in [6, 6.07) is 18.2. The fraction of sp³-hybridized carbons (Fsp3) is 0.355. The fourth-order valence-electron chi connectivity index (χ4n) is 5.11. The molecule has 1 saturated heterocycles. The third-order valence-corrected chi connectivity index (χ3v) is 9.49. The van der Waals surface area contributed by atoms with E-state index in [-0.39, 0.29) is 47.4 Å². The van der Waals surface area contributed by atoms with Gasteiger partial charge >= 0.3 is 6.18 Å². The first-order valence-corrected chi connectivity index (χ1v) is 15.4. The molecule has 1 aliphatic rings. The van der Waals surface area contributed by atoms with E-state index in [4.69, 9.17) is 4.84 Å². The number of anilines is 1. The molecule has 3 aromatic carbocycles. The normalized spacial score (nSPS) is 17.1. The number of halogens is 3. The summed E-state index contributed by atoms with van der Waals surface area (Å²) in [4.78, 5) is 32.8. The number of carbonyl (C=O) groups excluding carboxylic acids is 2. The van der Waals surface area contributed by atoms with Gasteiger partial charge in [-0.15, -0.1) is 0 Å². The predicted molar refractivity (Wildman–Crippen MR) is 156 cm³/mol. The largest absolute Gasteiger partial charge is 0.416 e. The molecule has 1 N–H and O–H groups in total. The van der Waals surface area contributed by atoms with Crippen LogP contribution in [-0.4, -0.2) is 57.8 Å². The van der Waals surface area contributed by atoms with E-state index < -0.39 is 21.6 Å². The molecule has 1 aliphatic heterocycles. The van der Waals surface area contributed by atoms with E-state index in [2.05, 4.69) is 5.32 Å². The van der Waals surface area contributed by atoms with Crippen molar-refractivity contribution in [2.24, 2.45) is 0 Å². The maximum Gasteiger partial charge on any atom is 0.416 e. The first-order valence-electron chi connectivity index (χ1n) is 13.8. The van der Waals surface area contributed by atoms with E-state index in [1.54, 1.807) is 43.3 Å². The molecule has 2 atom stereocenters. The van der Waals surface area contributed by atoms with Crippen molar-refractivity contribution in [3.63, 3.8) is 0 Å². The molecule has 0 saturated carbocycles. The average Bonchev–Trinajstić information content (AvgIpc) is 3.42. The van der Waals surface area contributed by atoms with Gasteiger partial charge in [0.1, 0.15) is 0 Å². The lowest BCUT2D eigenvalue weighted by molar-refractivity contribution is -0.169. The van der Waals surface area contributed by atoms with Crippen LogP contribution in [0.2, 0.25) is 0 Å². The second-order valence-corrected chi connectivity index (χ2v) is 12.7. The Morgan fingerprint density at radius 3 is 2.19 bits per heavy atom. The Labute approximate surface area is 249 Å². The number of nitrogens with one attached hydrogen (secondary N) is 1. The van der Waals surface area contributed by atoms with Crippen LogP contribution in [0, 0.1) is 0 Å². The third-order valence-electron chi connectivity index (χ3n) is 7.74. The molecule has 1 fully saturated rings. The zero-order valence-electron chi connectivity index (χ0n) is 24.1. The van der Waals surface area contributed by atoms with Gasteiger partial charge < -0.3 is 10.2 Å². The van der Waals surface area contributed by atoms with Crippen molar-refractivity contribution >= 4 is 27.3 Å². The number of hydrogen-bond acceptors (Lipinski definition) is 6. The summed E-state index contributed by atoms with van der Waals surface area (Å²) in [5.41, 5.74) is 1.98. The second-order valence-electron chi connectivity index (χ2n) is 10.4. The van der Waals surface area contributed by atoms with Gasteiger partial charge in [0.05, 0.1) is 23.3 Å². The smallest absolute Gasteiger partial charge is 0.367 e. The van der Waals surface area contributed by atoms with Gasteiger partial charge in [-0.3, -0.25) is 14.4 Å². The highest BCUT2D eigenvalue weighted by Gasteiger charge is 2.36. The summed E-state index contributed by atoms with van der Waals surface area (Å²) in [7, 11) is -0.391. The molecule has 1 unspecified atom stereocenters. The maximum absolute atomic E-state index is 13.1. The van der Waals surface area contributed by atoms with Crippen LogP contribution in [0.5, 0.6) is 0 Å². The highest BCUT2D eigenvalue weighted by atomic mass is 32.2. The Balaban J connectivity index is 1.46. The van der Waals surface area contributed by atoms with Gasteiger partial charge in [-0.05, 0) is 66.1 Å². The van der Waals surface area contributed by atoms with Crippen LogP contribution in [0.25, 0.3) is 0 Å². The lowest BCUT2D eigenvalue weighted by Gasteiger charge is -2.27. The first kappa shape index (κ1) is 32.0. The summed E-state index contributed by atoms with van der Waals surface area (Å²) >= 11 is 0. The Kier molecular flexibility index (Phi) is 9.81. The third kappa shape index (κ3) is 7.74. The molecule has 0 radical (unpaired) electrons. The van der Waals surface area contributed by atoms with Gasteiger partial charge in [-0.2, -0.15) is 13.2 Å². The quantitative estimate of drug-likeness (QED) is 0.314. The molecule has 230 valence electrons. The number of alkyl halides is 3. The van der Waals surface area contributed by atoms with Gasteiger partial charge in [-0.1, -0.05) is 31.2 Å². The summed E-state index contributed by atoms with van der Waals surface area (Å²) in [5.74, 6) is -0.640. The molecule has 12 heteroatoms. The van der Waals surface area contributed by atoms with Crippen LogP contribution >= 0.6 is 0 Å². The summed E-state index contributed by atoms with van der Waals surface area (Å²) in [6.45, 7) is 2.27. The van der Waals surface area contributed by atoms with Gasteiger partial charge in [0, 0.05) is 49.8 Å². The molecule has 2 amide bonds. The standard InChI is InChI=1S/C31H34F3N3O5S/c1-4-43(40,41)28-15-5-21(6-16-28)19-35-30(39)23-9-13-26(14-10-23)37-20-24(17-27(37)18-29(38)36(2)42-3)22-7-11-25(12-8-22)31(32,33)34/h5-16,24,27H,4,17-20H2,1-3H3,(H,35,39)/t24?,27-/m0/s1. The SMILES string of the molecule is CCS(=O)(=O)c1ccc(CNC(=O)c2ccc(N3CC(c4ccc(C(F)(F)F)cc4)C[C@H]3CC(=O)N(C)OC)cc2)cc1. The minimum absolute atomic E-state index is 0.00742. The van der Waals surface area contributed by atoms with E-state index >= 15 is 0 Å². The summed E-state index contributed by atoms with van der Waals surface area (Å²) in [6.07, 6.45) is -3.73. The number of sulfone groups is 1. The number of hydrogen-bond donors (Lipinski definition) is 1. The lowest BCUT2D eigenvalue weighted by Crippen LogP contribution is -2.36. The van der Waals surface area contributed by atoms with Gasteiger partial charge in [0.25, 0.3) is 5.91 Å². The van der Waals surface area contributed by atoms with Crippen molar-refractivity contribution in [1.29, 1.82) is 0 Å². The van der Waals surface area contributed by atoms with Crippen LogP contribution < -0.4 is 10.2 Å². The van der Waals surface area contributed by atoms with Crippen molar-refractivity contribution < 1.29 is 36.0 Å². The highest BCUT2D eigenvalue weighted by molar-refractivity contribution is 7.91. The average molecular weight is 618 g/mol. The molecular formula is C31H34F3N3O5S. The molecule has 8 nitrogen and oxygen atoms in total. The molecule has 0 aromatic heterocycles. The number of amides is 2. The first-order chi connectivity index (χ1) is 20.3. The summed E-state index contributed by atoms with van der Waals surface area (Å²) in [5, 5.41) is 3.97. The maximum atomic E-state index is 13.1. The van der Waals surface area contributed by atoms with Crippen LogP contribution in [0.4, 0.5) is 18.9 Å². The second kappa shape index (κ2) is 13.2. The topological polar surface area (TPSA) is 96.0 Å². The molecule has 4 rings (SSSR count). The Bertz CT molecular complexity index is 1530. The van der Waals surface area contributed by atoms with Crippen LogP contribution in [0.1, 0.15) is 52.7 Å². The number of carbonyl (C=O) groups is 2. The Morgan fingerprint density at radius 1 is 1.00 bits per heavy atom. The van der Waals surface area contributed by atoms with E-state index in [9.17, 15) is 31.2 Å². The predicted octanol–water partition coefficient (Wildman–Crippen LogP) is 5.20. The van der Waals surface area contributed by atoms with Crippen molar-refractivity contribution in [3.05, 3.63) is 95.1 Å². The monoisotopic (exact) mass is 617 g/mol. The lowest BCUT2D eigenvalue weighted by atomic mass is 9.94. The molecule has 0 aliphatic carbocycles. The molecule has 43 heavy (non-hydrogen) atoms. The number of hydroxylamine groups is 2. The molecule has 0 bridgehead atoms. The Morgan fingerprint density at radius 2 is 1.63 bits per heavy atom. The van der Waals surface area contributed by atoms with E-state index in [1.807, 2.05) is 4.90 Å². The van der Waals surface area contributed by atoms with Crippen LogP contribution in [0.15, 0.2) is 77.7 Å². The van der Waals surface area contributed by atoms with E-state index in [0.29, 0.717) is 18.5 Å². The van der Waals surface area contributed by atoms with Crippen molar-refractivity contribution in [3.8, 4) is 0 Å². The van der Waals surface area contributed by atoms with Crippen molar-refractivity contribution in [2.45, 2.75) is 49.3 Å². The van der Waals surface area contributed by atoms with E-state index in [0.717, 1.165) is 34.0 Å². The zero-order valence-corrected chi connectivity index (χ0v) is 24.9. The summed E-state index contributed by atoms with van der Waals surface area (Å²) < 4.78 is 63.2. The molecular weight excluding hydrogens is 583 g/mol. The van der Waals surface area contributed by atoms with Crippen molar-refractivity contribution in [2.75, 3.05) is 31.4 Å². The molecule has 3 aromatic rings. The number of rotatable bonds is 10. The fourth-order valence-corrected chi connectivity index (χ4v) is 6.00. The van der Waals surface area contributed by atoms with Crippen LogP contribution in [0.3, 0.4) is 0 Å². The van der Waals surface area contributed by atoms with Crippen LogP contribution in [-0.2, 0) is 32.2 Å². The van der Waals surface area contributed by atoms with E-state index in [1.165, 1.54) is 38.4 Å². The minimum atomic E-state index is -4.42. The number of benzene rings is 3. The zero-order chi connectivity index (χ0) is 31.4. The Hall–Kier alpha value is -3.90. The van der Waals surface area contributed by atoms with Gasteiger partial charge in [0.15, 0.2) is 9.84 Å².